The molecule has 1 aliphatic rings. The van der Waals surface area contributed by atoms with Crippen LogP contribution in [0, 0.1) is 0 Å². The summed E-state index contributed by atoms with van der Waals surface area (Å²) in [5, 5.41) is 9.12. The van der Waals surface area contributed by atoms with Gasteiger partial charge in [0.25, 0.3) is 0 Å². The summed E-state index contributed by atoms with van der Waals surface area (Å²) in [6.07, 6.45) is 2.31. The first-order chi connectivity index (χ1) is 7.06. The number of carboxylic acids is 1. The smallest absolute Gasteiger partial charge is 0.335 e. The first kappa shape index (κ1) is 10.6. The average Bonchev–Trinajstić information content (AvgIpc) is 2.98. The van der Waals surface area contributed by atoms with Crippen LogP contribution in [0.5, 0.6) is 0 Å². The Morgan fingerprint density at radius 1 is 1.40 bits per heavy atom. The van der Waals surface area contributed by atoms with Crippen molar-refractivity contribution in [2.45, 2.75) is 30.4 Å². The number of aromatic carboxylic acids is 1. The summed E-state index contributed by atoms with van der Waals surface area (Å²) >= 11 is 4.50. The van der Waals surface area contributed by atoms with Gasteiger partial charge in [-0.15, -0.1) is 0 Å². The Morgan fingerprint density at radius 2 is 1.93 bits per heavy atom. The Hall–Kier alpha value is -0.960. The zero-order valence-corrected chi connectivity index (χ0v) is 9.50. The zero-order chi connectivity index (χ0) is 11.1. The van der Waals surface area contributed by atoms with E-state index >= 15 is 0 Å². The lowest BCUT2D eigenvalue weighted by Gasteiger charge is -2.19. The summed E-state index contributed by atoms with van der Waals surface area (Å²) in [4.78, 5) is 10.7. The third-order valence-corrected chi connectivity index (χ3v) is 3.79. The quantitative estimate of drug-likeness (QED) is 0.772. The number of thiol groups is 1. The molecule has 0 bridgehead atoms. The molecule has 0 spiro atoms. The van der Waals surface area contributed by atoms with Crippen LogP contribution in [0.3, 0.4) is 0 Å². The molecule has 80 valence electrons. The lowest BCUT2D eigenvalue weighted by molar-refractivity contribution is 0.0697. The average molecular weight is 222 g/mol. The molecule has 15 heavy (non-hydrogen) atoms. The number of benzene rings is 1. The molecule has 1 aromatic rings. The first-order valence-electron chi connectivity index (χ1n) is 5.08. The fraction of sp³-hybridized carbons (Fsp3) is 0.417. The van der Waals surface area contributed by atoms with Crippen LogP contribution in [0.4, 0.5) is 0 Å². The Kier molecular flexibility index (Phi) is 2.51. The third-order valence-electron chi connectivity index (χ3n) is 3.30. The van der Waals surface area contributed by atoms with Gasteiger partial charge in [-0.05, 0) is 30.5 Å². The highest BCUT2D eigenvalue weighted by Crippen LogP contribution is 2.52. The van der Waals surface area contributed by atoms with Gasteiger partial charge in [-0.25, -0.2) is 4.79 Å². The maximum absolute atomic E-state index is 10.7. The molecule has 1 N–H and O–H groups in total. The van der Waals surface area contributed by atoms with Crippen LogP contribution in [-0.4, -0.2) is 16.3 Å². The maximum atomic E-state index is 10.7. The van der Waals surface area contributed by atoms with Gasteiger partial charge < -0.3 is 5.11 Å². The summed E-state index contributed by atoms with van der Waals surface area (Å²) < 4.78 is 0. The van der Waals surface area contributed by atoms with E-state index in [4.69, 9.17) is 5.11 Å². The second-order valence-corrected chi connectivity index (χ2v) is 4.99. The van der Waals surface area contributed by atoms with E-state index in [2.05, 4.69) is 19.6 Å². The van der Waals surface area contributed by atoms with Gasteiger partial charge >= 0.3 is 5.97 Å². The molecule has 0 heterocycles. The molecule has 2 nitrogen and oxygen atoms in total. The van der Waals surface area contributed by atoms with Crippen molar-refractivity contribution in [3.05, 3.63) is 35.4 Å². The van der Waals surface area contributed by atoms with Crippen LogP contribution in [0.2, 0.25) is 0 Å². The van der Waals surface area contributed by atoms with E-state index in [0.717, 1.165) is 12.8 Å². The predicted octanol–water partition coefficient (Wildman–Crippen LogP) is 2.73. The molecular weight excluding hydrogens is 208 g/mol. The molecule has 1 saturated carbocycles. The van der Waals surface area contributed by atoms with Crippen LogP contribution >= 0.6 is 12.6 Å². The summed E-state index contributed by atoms with van der Waals surface area (Å²) in [7, 11) is 0. The Bertz CT molecular complexity index is 377. The third kappa shape index (κ3) is 1.76. The molecule has 1 fully saturated rings. The molecule has 1 aliphatic carbocycles. The second kappa shape index (κ2) is 3.56. The highest BCUT2D eigenvalue weighted by molar-refractivity contribution is 7.81. The van der Waals surface area contributed by atoms with Gasteiger partial charge in [0.2, 0.25) is 0 Å². The fourth-order valence-electron chi connectivity index (χ4n) is 2.03. The topological polar surface area (TPSA) is 37.3 Å². The van der Waals surface area contributed by atoms with Crippen LogP contribution < -0.4 is 0 Å². The molecule has 1 unspecified atom stereocenters. The van der Waals surface area contributed by atoms with Gasteiger partial charge in [0.15, 0.2) is 0 Å². The van der Waals surface area contributed by atoms with Crippen molar-refractivity contribution in [1.29, 1.82) is 0 Å². The Labute approximate surface area is 94.7 Å². The van der Waals surface area contributed by atoms with Crippen molar-refractivity contribution in [3.8, 4) is 0 Å². The van der Waals surface area contributed by atoms with E-state index in [0.29, 0.717) is 10.8 Å². The highest BCUT2D eigenvalue weighted by Gasteiger charge is 2.47. The van der Waals surface area contributed by atoms with Gasteiger partial charge in [-0.3, -0.25) is 0 Å². The van der Waals surface area contributed by atoms with Crippen molar-refractivity contribution >= 4 is 18.6 Å². The van der Waals surface area contributed by atoms with Gasteiger partial charge in [-0.1, -0.05) is 19.1 Å². The zero-order valence-electron chi connectivity index (χ0n) is 8.60. The molecule has 0 aromatic heterocycles. The van der Waals surface area contributed by atoms with Crippen molar-refractivity contribution in [2.75, 3.05) is 0 Å². The molecule has 1 atom stereocenters. The van der Waals surface area contributed by atoms with Crippen molar-refractivity contribution < 1.29 is 9.90 Å². The van der Waals surface area contributed by atoms with Crippen LogP contribution in [0.15, 0.2) is 24.3 Å². The summed E-state index contributed by atoms with van der Waals surface area (Å²) in [6, 6.07) is 7.19. The normalized spacial score (nSPS) is 19.6. The number of carbonyl (C=O) groups is 1. The summed E-state index contributed by atoms with van der Waals surface area (Å²) in [5.41, 5.74) is 1.76. The lowest BCUT2D eigenvalue weighted by atomic mass is 9.92. The second-order valence-electron chi connectivity index (χ2n) is 4.21. The van der Waals surface area contributed by atoms with Gasteiger partial charge in [0.1, 0.15) is 0 Å². The van der Waals surface area contributed by atoms with Crippen molar-refractivity contribution in [3.63, 3.8) is 0 Å². The first-order valence-corrected chi connectivity index (χ1v) is 5.60. The van der Waals surface area contributed by atoms with Gasteiger partial charge in [-0.2, -0.15) is 12.6 Å². The standard InChI is InChI=1S/C12H14O2S/c1-8(15)12(6-7-12)10-4-2-9(3-5-10)11(13)14/h2-5,8,15H,6-7H2,1H3,(H,13,14). The molecular formula is C12H14O2S. The minimum atomic E-state index is -0.870. The molecule has 0 aliphatic heterocycles. The predicted molar refractivity (Wildman–Crippen MR) is 62.8 cm³/mol. The van der Waals surface area contributed by atoms with E-state index in [1.165, 1.54) is 5.56 Å². The van der Waals surface area contributed by atoms with Crippen LogP contribution in [0.1, 0.15) is 35.7 Å². The van der Waals surface area contributed by atoms with Crippen LogP contribution in [0.25, 0.3) is 0 Å². The van der Waals surface area contributed by atoms with E-state index in [9.17, 15) is 4.79 Å². The van der Waals surface area contributed by atoms with Crippen LogP contribution in [-0.2, 0) is 5.41 Å². The largest absolute Gasteiger partial charge is 0.478 e. The van der Waals surface area contributed by atoms with Gasteiger partial charge in [0.05, 0.1) is 5.56 Å². The monoisotopic (exact) mass is 222 g/mol. The van der Waals surface area contributed by atoms with Crippen molar-refractivity contribution in [1.82, 2.24) is 0 Å². The molecule has 2 rings (SSSR count). The number of carboxylic acid groups (broad SMARTS) is 1. The van der Waals surface area contributed by atoms with Gasteiger partial charge in [0, 0.05) is 10.7 Å². The van der Waals surface area contributed by atoms with E-state index in [-0.39, 0.29) is 5.41 Å². The van der Waals surface area contributed by atoms with Crippen molar-refractivity contribution in [2.24, 2.45) is 0 Å². The molecule has 0 saturated heterocycles. The molecule has 0 amide bonds. The van der Waals surface area contributed by atoms with E-state index in [1.54, 1.807) is 12.1 Å². The molecule has 3 heteroatoms. The number of hydrogen-bond acceptors (Lipinski definition) is 2. The van der Waals surface area contributed by atoms with E-state index < -0.39 is 5.97 Å². The number of hydrogen-bond donors (Lipinski definition) is 2. The lowest BCUT2D eigenvalue weighted by Crippen LogP contribution is -2.17. The Morgan fingerprint density at radius 3 is 2.27 bits per heavy atom. The summed E-state index contributed by atoms with van der Waals surface area (Å²) in [6.45, 7) is 2.10. The minimum absolute atomic E-state index is 0.195. The molecule has 1 aromatic carbocycles. The highest BCUT2D eigenvalue weighted by atomic mass is 32.1. The van der Waals surface area contributed by atoms with E-state index in [1.807, 2.05) is 12.1 Å². The summed E-state index contributed by atoms with van der Waals surface area (Å²) in [5.74, 6) is -0.870. The maximum Gasteiger partial charge on any atom is 0.335 e. The minimum Gasteiger partial charge on any atom is -0.478 e. The molecule has 0 radical (unpaired) electrons. The SMILES string of the molecule is CC(S)C1(c2ccc(C(=O)O)cc2)CC1. The fourth-order valence-corrected chi connectivity index (χ4v) is 2.43. The number of rotatable bonds is 3. The Balaban J connectivity index is 2.28.